The van der Waals surface area contributed by atoms with Crippen LogP contribution in [0.15, 0.2) is 30.3 Å². The molecule has 4 heteroatoms. The summed E-state index contributed by atoms with van der Waals surface area (Å²) in [6.45, 7) is 5.18. The van der Waals surface area contributed by atoms with E-state index in [1.54, 1.807) is 0 Å². The van der Waals surface area contributed by atoms with Crippen LogP contribution in [-0.4, -0.2) is 43.6 Å². The smallest absolute Gasteiger partial charge is 0.220 e. The Kier molecular flexibility index (Phi) is 10.1. The summed E-state index contributed by atoms with van der Waals surface area (Å²) in [5, 5.41) is 3.02. The Hall–Kier alpha value is -1.55. The fourth-order valence-electron chi connectivity index (χ4n) is 3.25. The maximum atomic E-state index is 11.8. The lowest BCUT2D eigenvalue weighted by atomic mass is 10.2. The van der Waals surface area contributed by atoms with Crippen molar-refractivity contribution in [3.63, 3.8) is 0 Å². The Morgan fingerprint density at radius 1 is 0.960 bits per heavy atom. The number of carbonyl (C=O) groups excluding carboxylic acids is 1. The molecule has 2 rings (SSSR count). The number of nitrogens with one attached hydrogen (secondary N) is 1. The molecule has 0 bridgehead atoms. The SMILES string of the molecule is O=C(CCCOc1ccccc1)NCCCCCN1CCCCCC1. The summed E-state index contributed by atoms with van der Waals surface area (Å²) in [4.78, 5) is 14.4. The number of hydrogen-bond donors (Lipinski definition) is 1. The Balaban J connectivity index is 1.39. The van der Waals surface area contributed by atoms with Crippen LogP contribution >= 0.6 is 0 Å². The van der Waals surface area contributed by atoms with Gasteiger partial charge in [-0.2, -0.15) is 0 Å². The fourth-order valence-corrected chi connectivity index (χ4v) is 3.25. The van der Waals surface area contributed by atoms with Gasteiger partial charge in [0.15, 0.2) is 0 Å². The lowest BCUT2D eigenvalue weighted by Crippen LogP contribution is -2.26. The molecule has 1 aromatic rings. The third kappa shape index (κ3) is 9.49. The quantitative estimate of drug-likeness (QED) is 0.616. The predicted molar refractivity (Wildman–Crippen MR) is 103 cm³/mol. The van der Waals surface area contributed by atoms with E-state index in [-0.39, 0.29) is 5.91 Å². The van der Waals surface area contributed by atoms with Crippen molar-refractivity contribution in [2.75, 3.05) is 32.8 Å². The van der Waals surface area contributed by atoms with Gasteiger partial charge < -0.3 is 15.0 Å². The van der Waals surface area contributed by atoms with Gasteiger partial charge in [-0.05, 0) is 63.9 Å². The van der Waals surface area contributed by atoms with Gasteiger partial charge in [-0.3, -0.25) is 4.79 Å². The number of benzene rings is 1. The van der Waals surface area contributed by atoms with Crippen LogP contribution in [0.3, 0.4) is 0 Å². The molecule has 140 valence electrons. The Morgan fingerprint density at radius 2 is 1.72 bits per heavy atom. The monoisotopic (exact) mass is 346 g/mol. The van der Waals surface area contributed by atoms with Crippen molar-refractivity contribution >= 4 is 5.91 Å². The highest BCUT2D eigenvalue weighted by Crippen LogP contribution is 2.11. The van der Waals surface area contributed by atoms with Crippen LogP contribution in [0.5, 0.6) is 5.75 Å². The predicted octanol–water partition coefficient (Wildman–Crippen LogP) is 4.01. The molecule has 0 radical (unpaired) electrons. The van der Waals surface area contributed by atoms with Crippen molar-refractivity contribution in [2.24, 2.45) is 0 Å². The largest absolute Gasteiger partial charge is 0.494 e. The molecule has 1 fully saturated rings. The second-order valence-electron chi connectivity index (χ2n) is 6.93. The molecular weight excluding hydrogens is 312 g/mol. The lowest BCUT2D eigenvalue weighted by molar-refractivity contribution is -0.121. The van der Waals surface area contributed by atoms with Crippen LogP contribution in [0.2, 0.25) is 0 Å². The van der Waals surface area contributed by atoms with Gasteiger partial charge in [0.1, 0.15) is 5.75 Å². The minimum Gasteiger partial charge on any atom is -0.494 e. The summed E-state index contributed by atoms with van der Waals surface area (Å²) in [6, 6.07) is 9.75. The summed E-state index contributed by atoms with van der Waals surface area (Å²) in [5.41, 5.74) is 0. The number of likely N-dealkylation sites (tertiary alicyclic amines) is 1. The number of ether oxygens (including phenoxy) is 1. The summed E-state index contributed by atoms with van der Waals surface area (Å²) in [7, 11) is 0. The maximum absolute atomic E-state index is 11.8. The first kappa shape index (κ1) is 19.8. The van der Waals surface area contributed by atoms with E-state index in [9.17, 15) is 4.79 Å². The van der Waals surface area contributed by atoms with E-state index in [1.807, 2.05) is 30.3 Å². The lowest BCUT2D eigenvalue weighted by Gasteiger charge is -2.19. The average Bonchev–Trinajstić information content (AvgIpc) is 2.91. The van der Waals surface area contributed by atoms with E-state index in [4.69, 9.17) is 4.74 Å². The van der Waals surface area contributed by atoms with Gasteiger partial charge >= 0.3 is 0 Å². The Bertz CT molecular complexity index is 456. The average molecular weight is 347 g/mol. The first-order valence-corrected chi connectivity index (χ1v) is 10.0. The summed E-state index contributed by atoms with van der Waals surface area (Å²) in [6.07, 6.45) is 10.4. The van der Waals surface area contributed by atoms with Gasteiger partial charge in [-0.25, -0.2) is 0 Å². The molecule has 4 nitrogen and oxygen atoms in total. The van der Waals surface area contributed by atoms with E-state index in [0.29, 0.717) is 13.0 Å². The van der Waals surface area contributed by atoms with Crippen LogP contribution in [0.25, 0.3) is 0 Å². The normalized spacial score (nSPS) is 15.5. The van der Waals surface area contributed by atoms with E-state index in [1.165, 1.54) is 58.2 Å². The highest BCUT2D eigenvalue weighted by molar-refractivity contribution is 5.75. The molecule has 1 saturated heterocycles. The number of unbranched alkanes of at least 4 members (excludes halogenated alkanes) is 2. The van der Waals surface area contributed by atoms with Crippen molar-refractivity contribution in [1.82, 2.24) is 10.2 Å². The van der Waals surface area contributed by atoms with Gasteiger partial charge in [0, 0.05) is 13.0 Å². The first-order chi connectivity index (χ1) is 12.3. The van der Waals surface area contributed by atoms with Crippen LogP contribution < -0.4 is 10.1 Å². The molecular formula is C21H34N2O2. The van der Waals surface area contributed by atoms with Gasteiger partial charge in [0.2, 0.25) is 5.91 Å². The highest BCUT2D eigenvalue weighted by atomic mass is 16.5. The number of carbonyl (C=O) groups is 1. The van der Waals surface area contributed by atoms with Crippen LogP contribution in [0.4, 0.5) is 0 Å². The van der Waals surface area contributed by atoms with Crippen molar-refractivity contribution in [2.45, 2.75) is 57.8 Å². The fraction of sp³-hybridized carbons (Fsp3) is 0.667. The zero-order chi connectivity index (χ0) is 17.6. The van der Waals surface area contributed by atoms with Crippen molar-refractivity contribution in [1.29, 1.82) is 0 Å². The molecule has 1 heterocycles. The molecule has 25 heavy (non-hydrogen) atoms. The standard InChI is InChI=1S/C21H34N2O2/c24-21(14-11-19-25-20-12-5-3-6-13-20)22-15-7-4-10-18-23-16-8-1-2-9-17-23/h3,5-6,12-13H,1-2,4,7-11,14-19H2,(H,22,24). The van der Waals surface area contributed by atoms with Gasteiger partial charge in [-0.15, -0.1) is 0 Å². The molecule has 0 aliphatic carbocycles. The third-order valence-electron chi connectivity index (χ3n) is 4.73. The van der Waals surface area contributed by atoms with Gasteiger partial charge in [-0.1, -0.05) is 37.5 Å². The number of para-hydroxylation sites is 1. The molecule has 1 amide bonds. The maximum Gasteiger partial charge on any atom is 0.220 e. The number of rotatable bonds is 11. The van der Waals surface area contributed by atoms with E-state index in [2.05, 4.69) is 10.2 Å². The van der Waals surface area contributed by atoms with E-state index < -0.39 is 0 Å². The summed E-state index contributed by atoms with van der Waals surface area (Å²) in [5.74, 6) is 1.01. The van der Waals surface area contributed by atoms with Gasteiger partial charge in [0.05, 0.1) is 6.61 Å². The summed E-state index contributed by atoms with van der Waals surface area (Å²) < 4.78 is 5.60. The third-order valence-corrected chi connectivity index (χ3v) is 4.73. The van der Waals surface area contributed by atoms with Crippen molar-refractivity contribution < 1.29 is 9.53 Å². The van der Waals surface area contributed by atoms with Gasteiger partial charge in [0.25, 0.3) is 0 Å². The van der Waals surface area contributed by atoms with E-state index in [0.717, 1.165) is 25.1 Å². The number of hydrogen-bond acceptors (Lipinski definition) is 3. The Morgan fingerprint density at radius 3 is 2.48 bits per heavy atom. The van der Waals surface area contributed by atoms with Crippen molar-refractivity contribution in [3.8, 4) is 5.75 Å². The molecule has 0 unspecified atom stereocenters. The van der Waals surface area contributed by atoms with Crippen LogP contribution in [0, 0.1) is 0 Å². The zero-order valence-electron chi connectivity index (χ0n) is 15.5. The Labute approximate surface area is 152 Å². The second kappa shape index (κ2) is 12.8. The number of nitrogens with zero attached hydrogens (tertiary/aromatic N) is 1. The molecule has 0 aromatic heterocycles. The molecule has 1 aliphatic heterocycles. The minimum atomic E-state index is 0.143. The zero-order valence-corrected chi connectivity index (χ0v) is 15.5. The first-order valence-electron chi connectivity index (χ1n) is 10.0. The molecule has 0 spiro atoms. The van der Waals surface area contributed by atoms with E-state index >= 15 is 0 Å². The molecule has 0 saturated carbocycles. The molecule has 1 N–H and O–H groups in total. The minimum absolute atomic E-state index is 0.143. The number of amides is 1. The van der Waals surface area contributed by atoms with Crippen molar-refractivity contribution in [3.05, 3.63) is 30.3 Å². The highest BCUT2D eigenvalue weighted by Gasteiger charge is 2.08. The topological polar surface area (TPSA) is 41.6 Å². The molecule has 1 aromatic carbocycles. The molecule has 0 atom stereocenters. The molecule has 1 aliphatic rings. The second-order valence-corrected chi connectivity index (χ2v) is 6.93. The summed E-state index contributed by atoms with van der Waals surface area (Å²) >= 11 is 0. The van der Waals surface area contributed by atoms with Crippen LogP contribution in [0.1, 0.15) is 57.8 Å². The van der Waals surface area contributed by atoms with Crippen LogP contribution in [-0.2, 0) is 4.79 Å².